The van der Waals surface area contributed by atoms with Gasteiger partial charge in [-0.05, 0) is 47.4 Å². The molecule has 0 unspecified atom stereocenters. The van der Waals surface area contributed by atoms with Gasteiger partial charge in [0.1, 0.15) is 5.75 Å². The first-order chi connectivity index (χ1) is 12.7. The first-order valence-corrected chi connectivity index (χ1v) is 8.49. The molecular weight excluding hydrogens is 322 g/mol. The average molecular weight is 343 g/mol. The fourth-order valence-corrected chi connectivity index (χ4v) is 2.67. The van der Waals surface area contributed by atoms with Crippen LogP contribution in [0.1, 0.15) is 16.7 Å². The summed E-state index contributed by atoms with van der Waals surface area (Å²) in [6, 6.07) is 25.6. The Morgan fingerprint density at radius 2 is 1.62 bits per heavy atom. The molecule has 0 aliphatic heterocycles. The number of methoxy groups -OCH3 is 1. The molecule has 0 saturated carbocycles. The van der Waals surface area contributed by atoms with Gasteiger partial charge < -0.3 is 10.1 Å². The number of para-hydroxylation sites is 1. The summed E-state index contributed by atoms with van der Waals surface area (Å²) in [6.45, 7) is 0. The van der Waals surface area contributed by atoms with E-state index in [1.807, 2.05) is 66.7 Å². The first-order valence-electron chi connectivity index (χ1n) is 8.49. The van der Waals surface area contributed by atoms with Crippen molar-refractivity contribution >= 4 is 17.7 Å². The lowest BCUT2D eigenvalue weighted by Crippen LogP contribution is -2.10. The van der Waals surface area contributed by atoms with E-state index in [-0.39, 0.29) is 5.91 Å². The minimum absolute atomic E-state index is 0.152. The molecule has 3 aromatic rings. The lowest BCUT2D eigenvalue weighted by molar-refractivity contribution is -0.111. The number of hydrogen-bond acceptors (Lipinski definition) is 2. The molecule has 0 spiro atoms. The van der Waals surface area contributed by atoms with Crippen LogP contribution in [-0.4, -0.2) is 13.0 Å². The summed E-state index contributed by atoms with van der Waals surface area (Å²) in [5.41, 5.74) is 4.08. The van der Waals surface area contributed by atoms with Crippen LogP contribution in [0.5, 0.6) is 5.75 Å². The fraction of sp³-hybridized carbons (Fsp3) is 0.0870. The molecule has 3 nitrogen and oxygen atoms in total. The first kappa shape index (κ1) is 17.5. The van der Waals surface area contributed by atoms with Crippen LogP contribution in [0.2, 0.25) is 0 Å². The number of benzene rings is 3. The van der Waals surface area contributed by atoms with Crippen molar-refractivity contribution in [1.82, 2.24) is 0 Å². The van der Waals surface area contributed by atoms with Crippen molar-refractivity contribution in [3.05, 3.63) is 102 Å². The highest BCUT2D eigenvalue weighted by Crippen LogP contribution is 2.19. The molecule has 0 aliphatic carbocycles. The zero-order valence-electron chi connectivity index (χ0n) is 14.7. The maximum absolute atomic E-state index is 12.3. The Balaban J connectivity index is 1.68. The standard InChI is InChI=1S/C23H21NO2/c1-26-21-14-11-18(12-15-21)13-16-23(25)24-22-10-6-5-9-20(22)17-19-7-3-2-4-8-19/h2-16H,17H2,1H3,(H,24,25)/b16-13+. The molecule has 0 aromatic heterocycles. The van der Waals surface area contributed by atoms with E-state index in [0.29, 0.717) is 0 Å². The highest BCUT2D eigenvalue weighted by atomic mass is 16.5. The van der Waals surface area contributed by atoms with Crippen molar-refractivity contribution in [2.24, 2.45) is 0 Å². The van der Waals surface area contributed by atoms with Gasteiger partial charge in [0.25, 0.3) is 0 Å². The number of rotatable bonds is 6. The molecule has 0 atom stereocenters. The van der Waals surface area contributed by atoms with Crippen molar-refractivity contribution in [3.8, 4) is 5.75 Å². The van der Waals surface area contributed by atoms with E-state index in [0.717, 1.165) is 29.0 Å². The number of ether oxygens (including phenoxy) is 1. The summed E-state index contributed by atoms with van der Waals surface area (Å²) in [5, 5.41) is 2.97. The third kappa shape index (κ3) is 4.84. The molecule has 3 heteroatoms. The lowest BCUT2D eigenvalue weighted by atomic mass is 10.0. The topological polar surface area (TPSA) is 38.3 Å². The van der Waals surface area contributed by atoms with Gasteiger partial charge in [-0.1, -0.05) is 60.7 Å². The van der Waals surface area contributed by atoms with Gasteiger partial charge in [-0.15, -0.1) is 0 Å². The molecule has 0 fully saturated rings. The van der Waals surface area contributed by atoms with Gasteiger partial charge >= 0.3 is 0 Å². The molecule has 130 valence electrons. The lowest BCUT2D eigenvalue weighted by Gasteiger charge is -2.10. The van der Waals surface area contributed by atoms with Gasteiger partial charge in [0.15, 0.2) is 0 Å². The largest absolute Gasteiger partial charge is 0.497 e. The van der Waals surface area contributed by atoms with Crippen molar-refractivity contribution in [1.29, 1.82) is 0 Å². The zero-order valence-corrected chi connectivity index (χ0v) is 14.7. The number of nitrogens with one attached hydrogen (secondary N) is 1. The van der Waals surface area contributed by atoms with E-state index in [1.165, 1.54) is 5.56 Å². The van der Waals surface area contributed by atoms with E-state index in [4.69, 9.17) is 4.74 Å². The number of amides is 1. The van der Waals surface area contributed by atoms with Crippen LogP contribution in [0.15, 0.2) is 84.9 Å². The van der Waals surface area contributed by atoms with Gasteiger partial charge in [0.2, 0.25) is 5.91 Å². The molecule has 1 amide bonds. The summed E-state index contributed by atoms with van der Waals surface area (Å²) < 4.78 is 5.13. The Morgan fingerprint density at radius 1 is 0.923 bits per heavy atom. The van der Waals surface area contributed by atoms with Crippen molar-refractivity contribution in [3.63, 3.8) is 0 Å². The van der Waals surface area contributed by atoms with Crippen LogP contribution >= 0.6 is 0 Å². The smallest absolute Gasteiger partial charge is 0.248 e. The maximum atomic E-state index is 12.3. The van der Waals surface area contributed by atoms with Crippen molar-refractivity contribution in [2.45, 2.75) is 6.42 Å². The fourth-order valence-electron chi connectivity index (χ4n) is 2.67. The molecule has 0 aliphatic rings. The average Bonchev–Trinajstić information content (AvgIpc) is 2.69. The molecule has 0 radical (unpaired) electrons. The minimum Gasteiger partial charge on any atom is -0.497 e. The van der Waals surface area contributed by atoms with Crippen LogP contribution in [0.3, 0.4) is 0 Å². The van der Waals surface area contributed by atoms with Crippen LogP contribution in [-0.2, 0) is 11.2 Å². The van der Waals surface area contributed by atoms with Crippen molar-refractivity contribution < 1.29 is 9.53 Å². The Hall–Kier alpha value is -3.33. The van der Waals surface area contributed by atoms with Crippen LogP contribution < -0.4 is 10.1 Å². The molecule has 0 heterocycles. The van der Waals surface area contributed by atoms with Crippen LogP contribution in [0.25, 0.3) is 6.08 Å². The van der Waals surface area contributed by atoms with Crippen LogP contribution in [0, 0.1) is 0 Å². The number of anilines is 1. The summed E-state index contributed by atoms with van der Waals surface area (Å²) >= 11 is 0. The summed E-state index contributed by atoms with van der Waals surface area (Å²) in [6.07, 6.45) is 4.11. The highest BCUT2D eigenvalue weighted by Gasteiger charge is 2.05. The molecular formula is C23H21NO2. The molecule has 3 rings (SSSR count). The van der Waals surface area contributed by atoms with Crippen LogP contribution in [0.4, 0.5) is 5.69 Å². The molecule has 0 saturated heterocycles. The van der Waals surface area contributed by atoms with Gasteiger partial charge in [0, 0.05) is 11.8 Å². The third-order valence-electron chi connectivity index (χ3n) is 4.06. The van der Waals surface area contributed by atoms with Gasteiger partial charge in [0.05, 0.1) is 7.11 Å². The van der Waals surface area contributed by atoms with Gasteiger partial charge in [-0.2, -0.15) is 0 Å². The summed E-state index contributed by atoms with van der Waals surface area (Å²) in [7, 11) is 1.63. The number of carbonyl (C=O) groups excluding carboxylic acids is 1. The molecule has 3 aromatic carbocycles. The van der Waals surface area contributed by atoms with E-state index in [1.54, 1.807) is 19.3 Å². The minimum atomic E-state index is -0.152. The second-order valence-corrected chi connectivity index (χ2v) is 5.92. The number of hydrogen-bond donors (Lipinski definition) is 1. The SMILES string of the molecule is COc1ccc(/C=C/C(=O)Nc2ccccc2Cc2ccccc2)cc1. The maximum Gasteiger partial charge on any atom is 0.248 e. The predicted octanol–water partition coefficient (Wildman–Crippen LogP) is 4.94. The summed E-state index contributed by atoms with van der Waals surface area (Å²) in [4.78, 5) is 12.3. The van der Waals surface area contributed by atoms with E-state index in [9.17, 15) is 4.79 Å². The van der Waals surface area contributed by atoms with E-state index >= 15 is 0 Å². The molecule has 0 bridgehead atoms. The van der Waals surface area contributed by atoms with E-state index in [2.05, 4.69) is 17.4 Å². The monoisotopic (exact) mass is 343 g/mol. The van der Waals surface area contributed by atoms with Gasteiger partial charge in [-0.25, -0.2) is 0 Å². The highest BCUT2D eigenvalue weighted by molar-refractivity contribution is 6.02. The Bertz CT molecular complexity index is 884. The molecule has 1 N–H and O–H groups in total. The normalized spacial score (nSPS) is 10.7. The summed E-state index contributed by atoms with van der Waals surface area (Å²) in [5.74, 6) is 0.641. The second-order valence-electron chi connectivity index (χ2n) is 5.92. The molecule has 26 heavy (non-hydrogen) atoms. The number of carbonyl (C=O) groups is 1. The predicted molar refractivity (Wildman–Crippen MR) is 106 cm³/mol. The van der Waals surface area contributed by atoms with Gasteiger partial charge in [-0.3, -0.25) is 4.79 Å². The Morgan fingerprint density at radius 3 is 2.35 bits per heavy atom. The quantitative estimate of drug-likeness (QED) is 0.644. The second kappa shape index (κ2) is 8.67. The van der Waals surface area contributed by atoms with Crippen molar-refractivity contribution in [2.75, 3.05) is 12.4 Å². The Labute approximate surface area is 154 Å². The third-order valence-corrected chi connectivity index (χ3v) is 4.06. The Kier molecular flexibility index (Phi) is 5.84. The van der Waals surface area contributed by atoms with E-state index < -0.39 is 0 Å². The zero-order chi connectivity index (χ0) is 18.2.